The van der Waals surface area contributed by atoms with Gasteiger partial charge in [-0.1, -0.05) is 71.3 Å². The second-order valence-corrected chi connectivity index (χ2v) is 11.1. The Hall–Kier alpha value is -5.28. The van der Waals surface area contributed by atoms with E-state index in [4.69, 9.17) is 0 Å². The summed E-state index contributed by atoms with van der Waals surface area (Å²) in [7, 11) is 2.12. The van der Waals surface area contributed by atoms with Crippen LogP contribution in [0.1, 0.15) is 16.7 Å². The first-order valence-corrected chi connectivity index (χ1v) is 14.8. The normalized spacial score (nSPS) is 10.8. The first-order chi connectivity index (χ1) is 21.0. The van der Waals surface area contributed by atoms with E-state index in [9.17, 15) is 0 Å². The fraction of sp³-hybridized carbons (Fsp3) is 0.100. The predicted octanol–water partition coefficient (Wildman–Crippen LogP) is 11.3. The van der Waals surface area contributed by atoms with E-state index >= 15 is 0 Å². The molecule has 0 heterocycles. The smallest absolute Gasteiger partial charge is 0.0463 e. The Bertz CT molecular complexity index is 1710. The van der Waals surface area contributed by atoms with Gasteiger partial charge in [0.1, 0.15) is 0 Å². The zero-order valence-corrected chi connectivity index (χ0v) is 25.3. The molecule has 3 nitrogen and oxygen atoms in total. The summed E-state index contributed by atoms with van der Waals surface area (Å²) >= 11 is 0. The summed E-state index contributed by atoms with van der Waals surface area (Å²) in [5.41, 5.74) is 12.8. The summed E-state index contributed by atoms with van der Waals surface area (Å²) in [4.78, 5) is 6.83. The molecule has 6 aromatic rings. The highest BCUT2D eigenvalue weighted by Gasteiger charge is 2.15. The lowest BCUT2D eigenvalue weighted by Gasteiger charge is -2.28. The average Bonchev–Trinajstić information content (AvgIpc) is 3.05. The Balaban J connectivity index is 1.27. The highest BCUT2D eigenvalue weighted by atomic mass is 15.2. The highest BCUT2D eigenvalue weighted by Crippen LogP contribution is 2.38. The zero-order chi connectivity index (χ0) is 29.8. The van der Waals surface area contributed by atoms with Gasteiger partial charge < -0.3 is 14.7 Å². The molecule has 0 atom stereocenters. The van der Waals surface area contributed by atoms with Gasteiger partial charge in [0.25, 0.3) is 0 Å². The van der Waals surface area contributed by atoms with Crippen LogP contribution in [0, 0.1) is 20.8 Å². The summed E-state index contributed by atoms with van der Waals surface area (Å²) < 4.78 is 0. The Morgan fingerprint density at radius 1 is 0.279 bits per heavy atom. The topological polar surface area (TPSA) is 9.72 Å². The fourth-order valence-electron chi connectivity index (χ4n) is 5.35. The molecule has 3 heteroatoms. The van der Waals surface area contributed by atoms with Crippen LogP contribution in [-0.2, 0) is 0 Å². The monoisotopic (exact) mass is 559 g/mol. The lowest BCUT2D eigenvalue weighted by molar-refractivity contribution is 1.19. The summed E-state index contributed by atoms with van der Waals surface area (Å²) in [6.07, 6.45) is 0. The highest BCUT2D eigenvalue weighted by molar-refractivity contribution is 5.80. The fourth-order valence-corrected chi connectivity index (χ4v) is 5.35. The van der Waals surface area contributed by atoms with E-state index in [0.29, 0.717) is 0 Å². The van der Waals surface area contributed by atoms with Gasteiger partial charge in [-0.05, 0) is 118 Å². The maximum absolute atomic E-state index is 2.31. The third-order valence-electron chi connectivity index (χ3n) is 7.88. The molecular weight excluding hydrogens is 522 g/mol. The second kappa shape index (κ2) is 12.3. The van der Waals surface area contributed by atoms with Crippen molar-refractivity contribution in [3.05, 3.63) is 168 Å². The molecule has 0 aromatic heterocycles. The Labute approximate surface area is 255 Å². The quantitative estimate of drug-likeness (QED) is 0.184. The minimum Gasteiger partial charge on any atom is -0.345 e. The first-order valence-electron chi connectivity index (χ1n) is 14.8. The van der Waals surface area contributed by atoms with E-state index in [1.807, 2.05) is 0 Å². The van der Waals surface area contributed by atoms with E-state index in [-0.39, 0.29) is 0 Å². The molecule has 0 unspecified atom stereocenters. The van der Waals surface area contributed by atoms with Gasteiger partial charge in [0.05, 0.1) is 0 Å². The molecule has 0 spiro atoms. The molecule has 0 amide bonds. The Morgan fingerprint density at radius 3 is 0.814 bits per heavy atom. The van der Waals surface area contributed by atoms with Crippen molar-refractivity contribution < 1.29 is 0 Å². The van der Waals surface area contributed by atoms with Gasteiger partial charge in [-0.2, -0.15) is 0 Å². The molecule has 0 saturated heterocycles. The van der Waals surface area contributed by atoms with Crippen LogP contribution in [0.5, 0.6) is 0 Å². The molecule has 0 fully saturated rings. The molecule has 43 heavy (non-hydrogen) atoms. The summed E-state index contributed by atoms with van der Waals surface area (Å²) in [6.45, 7) is 6.37. The molecule has 212 valence electrons. The maximum Gasteiger partial charge on any atom is 0.0463 e. The number of anilines is 8. The second-order valence-electron chi connectivity index (χ2n) is 11.1. The van der Waals surface area contributed by atoms with Crippen molar-refractivity contribution in [1.82, 2.24) is 0 Å². The van der Waals surface area contributed by atoms with Crippen molar-refractivity contribution in [2.45, 2.75) is 20.8 Å². The third-order valence-corrected chi connectivity index (χ3v) is 7.88. The van der Waals surface area contributed by atoms with Crippen molar-refractivity contribution in [3.8, 4) is 0 Å². The molecule has 6 aromatic carbocycles. The summed E-state index contributed by atoms with van der Waals surface area (Å²) in [6, 6.07) is 54.2. The van der Waals surface area contributed by atoms with E-state index in [1.165, 1.54) is 16.7 Å². The number of para-hydroxylation sites is 1. The van der Waals surface area contributed by atoms with Crippen LogP contribution >= 0.6 is 0 Å². The molecule has 0 N–H and O–H groups in total. The summed E-state index contributed by atoms with van der Waals surface area (Å²) in [5.74, 6) is 0. The maximum atomic E-state index is 2.31. The van der Waals surface area contributed by atoms with Gasteiger partial charge in [-0.25, -0.2) is 0 Å². The van der Waals surface area contributed by atoms with Crippen molar-refractivity contribution in [1.29, 1.82) is 0 Å². The van der Waals surface area contributed by atoms with Crippen LogP contribution in [0.3, 0.4) is 0 Å². The lowest BCUT2D eigenvalue weighted by atomic mass is 10.1. The minimum absolute atomic E-state index is 1.12. The van der Waals surface area contributed by atoms with Crippen molar-refractivity contribution in [2.24, 2.45) is 0 Å². The predicted molar refractivity (Wildman–Crippen MR) is 185 cm³/mol. The molecule has 0 aliphatic carbocycles. The number of hydrogen-bond acceptors (Lipinski definition) is 3. The van der Waals surface area contributed by atoms with Gasteiger partial charge in [-0.3, -0.25) is 0 Å². The van der Waals surface area contributed by atoms with Crippen LogP contribution < -0.4 is 14.7 Å². The molecule has 0 bridgehead atoms. The third kappa shape index (κ3) is 6.17. The molecule has 0 aliphatic rings. The van der Waals surface area contributed by atoms with Crippen LogP contribution in [0.25, 0.3) is 0 Å². The van der Waals surface area contributed by atoms with Gasteiger partial charge in [0.15, 0.2) is 0 Å². The van der Waals surface area contributed by atoms with Crippen LogP contribution in [0.2, 0.25) is 0 Å². The molecule has 6 rings (SSSR count). The molecule has 0 radical (unpaired) electrons. The van der Waals surface area contributed by atoms with Crippen molar-refractivity contribution in [2.75, 3.05) is 21.7 Å². The van der Waals surface area contributed by atoms with E-state index < -0.39 is 0 Å². The van der Waals surface area contributed by atoms with Gasteiger partial charge in [-0.15, -0.1) is 0 Å². The number of aryl methyl sites for hydroxylation is 3. The van der Waals surface area contributed by atoms with E-state index in [2.05, 4.69) is 194 Å². The van der Waals surface area contributed by atoms with Crippen molar-refractivity contribution >= 4 is 45.5 Å². The number of hydrogen-bond donors (Lipinski definition) is 0. The number of benzene rings is 6. The van der Waals surface area contributed by atoms with E-state index in [0.717, 1.165) is 45.5 Å². The number of rotatable bonds is 8. The van der Waals surface area contributed by atoms with Crippen LogP contribution in [0.4, 0.5) is 45.5 Å². The number of nitrogens with zero attached hydrogens (tertiary/aromatic N) is 3. The largest absolute Gasteiger partial charge is 0.345 e. The van der Waals surface area contributed by atoms with E-state index in [1.54, 1.807) is 0 Å². The molecule has 0 saturated carbocycles. The minimum atomic E-state index is 1.12. The van der Waals surface area contributed by atoms with Gasteiger partial charge in [0.2, 0.25) is 0 Å². The standard InChI is InChI=1S/C40H37N3/c1-30-10-16-36(17-11-30)42(35-8-6-5-7-9-35)39-26-22-33(23-27-39)41(4)34-24-28-40(29-25-34)43(37-18-12-31(2)13-19-37)38-20-14-32(3)15-21-38/h5-29H,1-4H3. The molecular formula is C40H37N3. The van der Waals surface area contributed by atoms with Crippen LogP contribution in [-0.4, -0.2) is 7.05 Å². The van der Waals surface area contributed by atoms with Crippen molar-refractivity contribution in [3.63, 3.8) is 0 Å². The SMILES string of the molecule is Cc1ccc(N(c2ccccc2)c2ccc(N(C)c3ccc(N(c4ccc(C)cc4)c4ccc(C)cc4)cc3)cc2)cc1. The lowest BCUT2D eigenvalue weighted by Crippen LogP contribution is -2.13. The first kappa shape index (κ1) is 27.9. The van der Waals surface area contributed by atoms with Gasteiger partial charge >= 0.3 is 0 Å². The Morgan fingerprint density at radius 2 is 0.512 bits per heavy atom. The average molecular weight is 560 g/mol. The van der Waals surface area contributed by atoms with Crippen LogP contribution in [0.15, 0.2) is 152 Å². The molecule has 0 aliphatic heterocycles. The van der Waals surface area contributed by atoms with Gasteiger partial charge in [0, 0.05) is 52.5 Å². The summed E-state index contributed by atoms with van der Waals surface area (Å²) in [5, 5.41) is 0. The zero-order valence-electron chi connectivity index (χ0n) is 25.3. The Kier molecular flexibility index (Phi) is 7.97.